The second-order valence-corrected chi connectivity index (χ2v) is 7.04. The first kappa shape index (κ1) is 16.8. The molecule has 0 bridgehead atoms. The van der Waals surface area contributed by atoms with E-state index in [1.165, 1.54) is 4.88 Å². The normalized spacial score (nSPS) is 12.6. The van der Waals surface area contributed by atoms with Crippen molar-refractivity contribution in [1.82, 2.24) is 10.3 Å². The molecular weight excluding hydrogens is 323 g/mol. The average molecular weight is 343 g/mol. The van der Waals surface area contributed by atoms with Crippen molar-refractivity contribution in [3.05, 3.63) is 49.4 Å². The van der Waals surface area contributed by atoms with Gasteiger partial charge >= 0.3 is 0 Å². The molecule has 0 fully saturated rings. The van der Waals surface area contributed by atoms with Crippen molar-refractivity contribution in [3.63, 3.8) is 0 Å². The zero-order valence-electron chi connectivity index (χ0n) is 12.5. The van der Waals surface area contributed by atoms with Crippen molar-refractivity contribution < 1.29 is 0 Å². The van der Waals surface area contributed by atoms with Crippen LogP contribution in [0, 0.1) is 6.92 Å². The number of hydrogen-bond donors (Lipinski definition) is 1. The van der Waals surface area contributed by atoms with Gasteiger partial charge in [-0.15, -0.1) is 11.3 Å². The number of nitrogens with zero attached hydrogens (tertiary/aromatic N) is 1. The van der Waals surface area contributed by atoms with Gasteiger partial charge in [0.05, 0.1) is 11.7 Å². The number of aromatic nitrogens is 1. The van der Waals surface area contributed by atoms with Crippen molar-refractivity contribution in [3.8, 4) is 0 Å². The van der Waals surface area contributed by atoms with Crippen LogP contribution in [0.25, 0.3) is 0 Å². The maximum absolute atomic E-state index is 6.38. The average Bonchev–Trinajstić information content (AvgIpc) is 2.84. The Morgan fingerprint density at radius 1 is 1.29 bits per heavy atom. The van der Waals surface area contributed by atoms with E-state index >= 15 is 0 Å². The van der Waals surface area contributed by atoms with Gasteiger partial charge in [-0.25, -0.2) is 4.98 Å². The molecule has 0 aliphatic heterocycles. The molecule has 114 valence electrons. The summed E-state index contributed by atoms with van der Waals surface area (Å²) in [7, 11) is 0. The van der Waals surface area contributed by atoms with Gasteiger partial charge in [-0.2, -0.15) is 0 Å². The molecule has 0 aliphatic rings. The summed E-state index contributed by atoms with van der Waals surface area (Å²) in [4.78, 5) is 6.06. The molecule has 2 nitrogen and oxygen atoms in total. The molecule has 1 unspecified atom stereocenters. The minimum atomic E-state index is 0.000139. The van der Waals surface area contributed by atoms with E-state index in [0.717, 1.165) is 40.7 Å². The van der Waals surface area contributed by atoms with Gasteiger partial charge in [0.2, 0.25) is 0 Å². The summed E-state index contributed by atoms with van der Waals surface area (Å²) >= 11 is 14.3. The van der Waals surface area contributed by atoms with Crippen LogP contribution >= 0.6 is 34.5 Å². The molecule has 0 radical (unpaired) electrons. The molecule has 1 atom stereocenters. The number of benzene rings is 1. The zero-order valence-corrected chi connectivity index (χ0v) is 14.9. The Kier molecular flexibility index (Phi) is 6.06. The quantitative estimate of drug-likeness (QED) is 0.759. The van der Waals surface area contributed by atoms with E-state index in [-0.39, 0.29) is 6.04 Å². The van der Waals surface area contributed by atoms with Crippen LogP contribution in [-0.4, -0.2) is 11.5 Å². The third-order valence-corrected chi connectivity index (χ3v) is 5.02. The van der Waals surface area contributed by atoms with Crippen LogP contribution in [0.5, 0.6) is 0 Å². The van der Waals surface area contributed by atoms with Crippen molar-refractivity contribution in [2.75, 3.05) is 6.54 Å². The lowest BCUT2D eigenvalue weighted by Crippen LogP contribution is -2.23. The Bertz CT molecular complexity index is 610. The van der Waals surface area contributed by atoms with Gasteiger partial charge in [-0.05, 0) is 50.1 Å². The highest BCUT2D eigenvalue weighted by molar-refractivity contribution is 7.11. The van der Waals surface area contributed by atoms with E-state index < -0.39 is 0 Å². The lowest BCUT2D eigenvalue weighted by molar-refractivity contribution is 0.595. The van der Waals surface area contributed by atoms with Gasteiger partial charge in [0.15, 0.2) is 0 Å². The molecule has 0 saturated heterocycles. The molecule has 2 aromatic rings. The Hall–Kier alpha value is -0.610. The minimum Gasteiger partial charge on any atom is -0.304 e. The SMILES string of the molecule is CCCNC(c1nc(CC)c(C)s1)c1cc(Cl)ccc1Cl. The Morgan fingerprint density at radius 3 is 2.67 bits per heavy atom. The van der Waals surface area contributed by atoms with Crippen LogP contribution in [0.1, 0.15) is 47.5 Å². The Labute approximate surface area is 140 Å². The van der Waals surface area contributed by atoms with Gasteiger partial charge in [0, 0.05) is 14.9 Å². The number of hydrogen-bond acceptors (Lipinski definition) is 3. The van der Waals surface area contributed by atoms with Crippen LogP contribution in [0.2, 0.25) is 10.0 Å². The molecule has 21 heavy (non-hydrogen) atoms. The van der Waals surface area contributed by atoms with Crippen LogP contribution in [0.4, 0.5) is 0 Å². The maximum atomic E-state index is 6.38. The van der Waals surface area contributed by atoms with Crippen molar-refractivity contribution >= 4 is 34.5 Å². The fourth-order valence-corrected chi connectivity index (χ4v) is 3.77. The van der Waals surface area contributed by atoms with Crippen LogP contribution in [0.3, 0.4) is 0 Å². The number of rotatable bonds is 6. The fourth-order valence-electron chi connectivity index (χ4n) is 2.26. The van der Waals surface area contributed by atoms with Gasteiger partial charge in [0.1, 0.15) is 5.01 Å². The third-order valence-electron chi connectivity index (χ3n) is 3.36. The highest BCUT2D eigenvalue weighted by Crippen LogP contribution is 2.33. The minimum absolute atomic E-state index is 0.000139. The van der Waals surface area contributed by atoms with Crippen molar-refractivity contribution in [1.29, 1.82) is 0 Å². The summed E-state index contributed by atoms with van der Waals surface area (Å²) < 4.78 is 0. The van der Waals surface area contributed by atoms with E-state index in [9.17, 15) is 0 Å². The van der Waals surface area contributed by atoms with Crippen LogP contribution in [-0.2, 0) is 6.42 Å². The highest BCUT2D eigenvalue weighted by atomic mass is 35.5. The maximum Gasteiger partial charge on any atom is 0.115 e. The lowest BCUT2D eigenvalue weighted by Gasteiger charge is -2.18. The van der Waals surface area contributed by atoms with Crippen LogP contribution in [0.15, 0.2) is 18.2 Å². The van der Waals surface area contributed by atoms with Crippen LogP contribution < -0.4 is 5.32 Å². The predicted molar refractivity (Wildman–Crippen MR) is 92.8 cm³/mol. The number of thiazole rings is 1. The summed E-state index contributed by atoms with van der Waals surface area (Å²) in [6, 6.07) is 5.59. The molecule has 0 amide bonds. The molecular formula is C16H20Cl2N2S. The summed E-state index contributed by atoms with van der Waals surface area (Å²) in [5.41, 5.74) is 2.16. The standard InChI is InChI=1S/C16H20Cl2N2S/c1-4-8-19-15(12-9-11(17)6-7-13(12)18)16-20-14(5-2)10(3)21-16/h6-7,9,15,19H,4-5,8H2,1-3H3. The smallest absolute Gasteiger partial charge is 0.115 e. The number of halogens is 2. The summed E-state index contributed by atoms with van der Waals surface area (Å²) in [6.45, 7) is 7.31. The zero-order chi connectivity index (χ0) is 15.4. The number of nitrogens with one attached hydrogen (secondary N) is 1. The molecule has 1 aromatic carbocycles. The monoisotopic (exact) mass is 342 g/mol. The molecule has 1 aromatic heterocycles. The van der Waals surface area contributed by atoms with E-state index in [0.29, 0.717) is 5.02 Å². The molecule has 1 heterocycles. The summed E-state index contributed by atoms with van der Waals surface area (Å²) in [5.74, 6) is 0. The lowest BCUT2D eigenvalue weighted by atomic mass is 10.1. The molecule has 1 N–H and O–H groups in total. The third kappa shape index (κ3) is 3.98. The van der Waals surface area contributed by atoms with Gasteiger partial charge < -0.3 is 5.32 Å². The summed E-state index contributed by atoms with van der Waals surface area (Å²) in [5, 5.41) is 6.01. The topological polar surface area (TPSA) is 24.9 Å². The first-order valence-electron chi connectivity index (χ1n) is 7.21. The number of aryl methyl sites for hydroxylation is 2. The molecule has 0 spiro atoms. The second-order valence-electron chi connectivity index (χ2n) is 4.96. The molecule has 5 heteroatoms. The molecule has 2 rings (SSSR count). The molecule has 0 saturated carbocycles. The largest absolute Gasteiger partial charge is 0.304 e. The van der Waals surface area contributed by atoms with Gasteiger partial charge in [-0.3, -0.25) is 0 Å². The van der Waals surface area contributed by atoms with E-state index in [2.05, 4.69) is 26.1 Å². The molecule has 0 aliphatic carbocycles. The predicted octanol–water partition coefficient (Wildman–Crippen LogP) is 5.41. The Morgan fingerprint density at radius 2 is 2.05 bits per heavy atom. The van der Waals surface area contributed by atoms with E-state index in [4.69, 9.17) is 28.2 Å². The van der Waals surface area contributed by atoms with E-state index in [1.807, 2.05) is 18.2 Å². The van der Waals surface area contributed by atoms with Crippen molar-refractivity contribution in [2.45, 2.75) is 39.7 Å². The van der Waals surface area contributed by atoms with Crippen molar-refractivity contribution in [2.24, 2.45) is 0 Å². The highest BCUT2D eigenvalue weighted by Gasteiger charge is 2.21. The fraction of sp³-hybridized carbons (Fsp3) is 0.438. The second kappa shape index (κ2) is 7.59. The van der Waals surface area contributed by atoms with E-state index in [1.54, 1.807) is 11.3 Å². The first-order chi connectivity index (χ1) is 10.1. The first-order valence-corrected chi connectivity index (χ1v) is 8.78. The summed E-state index contributed by atoms with van der Waals surface area (Å²) in [6.07, 6.45) is 2.01. The Balaban J connectivity index is 2.44. The van der Waals surface area contributed by atoms with Gasteiger partial charge in [-0.1, -0.05) is 37.0 Å². The van der Waals surface area contributed by atoms with Gasteiger partial charge in [0.25, 0.3) is 0 Å².